The van der Waals surface area contributed by atoms with E-state index in [-0.39, 0.29) is 5.69 Å². The molecule has 0 heterocycles. The molecule has 1 aromatic rings. The van der Waals surface area contributed by atoms with Crippen molar-refractivity contribution in [1.82, 2.24) is 0 Å². The van der Waals surface area contributed by atoms with Gasteiger partial charge in [0.2, 0.25) is 0 Å². The maximum Gasteiger partial charge on any atom is 0.346 e. The number of benzene rings is 1. The third kappa shape index (κ3) is 2.93. The number of rotatable bonds is 4. The predicted molar refractivity (Wildman–Crippen MR) is 59.9 cm³/mol. The van der Waals surface area contributed by atoms with Crippen molar-refractivity contribution in [2.75, 3.05) is 7.11 Å². The van der Waals surface area contributed by atoms with Crippen molar-refractivity contribution < 1.29 is 19.2 Å². The average molecular weight is 239 g/mol. The first-order valence-corrected chi connectivity index (χ1v) is 4.96. The topological polar surface area (TPSA) is 78.7 Å². The molecule has 0 aliphatic heterocycles. The van der Waals surface area contributed by atoms with Crippen molar-refractivity contribution in [3.05, 3.63) is 33.9 Å². The average Bonchev–Trinajstić information content (AvgIpc) is 2.30. The molecule has 0 radical (unpaired) electrons. The molecule has 0 spiro atoms. The fraction of sp³-hybridized carbons (Fsp3) is 0.364. The van der Waals surface area contributed by atoms with E-state index in [9.17, 15) is 14.9 Å². The Balaban J connectivity index is 2.96. The first-order valence-electron chi connectivity index (χ1n) is 4.96. The van der Waals surface area contributed by atoms with Crippen molar-refractivity contribution in [3.8, 4) is 5.75 Å². The van der Waals surface area contributed by atoms with Crippen LogP contribution in [0.2, 0.25) is 0 Å². The fourth-order valence-electron chi connectivity index (χ4n) is 1.33. The summed E-state index contributed by atoms with van der Waals surface area (Å²) in [7, 11) is 1.25. The van der Waals surface area contributed by atoms with Gasteiger partial charge in [0.05, 0.1) is 17.6 Å². The Kier molecular flexibility index (Phi) is 4.03. The van der Waals surface area contributed by atoms with Gasteiger partial charge in [0.15, 0.2) is 6.10 Å². The number of methoxy groups -OCH3 is 1. The molecule has 0 aromatic heterocycles. The maximum atomic E-state index is 11.2. The van der Waals surface area contributed by atoms with E-state index in [2.05, 4.69) is 4.74 Å². The molecule has 1 rings (SSSR count). The number of hydrogen-bond acceptors (Lipinski definition) is 5. The van der Waals surface area contributed by atoms with Crippen molar-refractivity contribution in [1.29, 1.82) is 0 Å². The quantitative estimate of drug-likeness (QED) is 0.455. The first-order chi connectivity index (χ1) is 7.97. The monoisotopic (exact) mass is 239 g/mol. The van der Waals surface area contributed by atoms with Crippen LogP contribution in [0.15, 0.2) is 18.2 Å². The third-order valence-corrected chi connectivity index (χ3v) is 2.29. The summed E-state index contributed by atoms with van der Waals surface area (Å²) in [4.78, 5) is 21.4. The van der Waals surface area contributed by atoms with Crippen molar-refractivity contribution in [3.63, 3.8) is 0 Å². The molecule has 17 heavy (non-hydrogen) atoms. The van der Waals surface area contributed by atoms with Gasteiger partial charge < -0.3 is 9.47 Å². The molecule has 6 nitrogen and oxygen atoms in total. The Hall–Kier alpha value is -2.11. The largest absolute Gasteiger partial charge is 0.478 e. The van der Waals surface area contributed by atoms with Crippen LogP contribution < -0.4 is 4.74 Å². The number of carbonyl (C=O) groups is 1. The smallest absolute Gasteiger partial charge is 0.346 e. The Labute approximate surface area is 98.3 Å². The second-order valence-corrected chi connectivity index (χ2v) is 3.44. The predicted octanol–water partition coefficient (Wildman–Crippen LogP) is 1.84. The normalized spacial score (nSPS) is 11.7. The molecule has 0 saturated carbocycles. The zero-order chi connectivity index (χ0) is 13.0. The lowest BCUT2D eigenvalue weighted by molar-refractivity contribution is -0.385. The lowest BCUT2D eigenvalue weighted by atomic mass is 10.2. The Morgan fingerprint density at radius 1 is 1.47 bits per heavy atom. The molecular weight excluding hydrogens is 226 g/mol. The van der Waals surface area contributed by atoms with Crippen LogP contribution in [0.4, 0.5) is 5.69 Å². The third-order valence-electron chi connectivity index (χ3n) is 2.29. The molecule has 0 aliphatic carbocycles. The minimum atomic E-state index is -0.805. The van der Waals surface area contributed by atoms with E-state index in [1.807, 2.05) is 0 Å². The second-order valence-electron chi connectivity index (χ2n) is 3.44. The van der Waals surface area contributed by atoms with Gasteiger partial charge in [-0.3, -0.25) is 10.1 Å². The highest BCUT2D eigenvalue weighted by atomic mass is 16.6. The SMILES string of the molecule is COC(=O)C(C)Oc1cccc([N+](=O)[O-])c1C. The van der Waals surface area contributed by atoms with Gasteiger partial charge in [0.1, 0.15) is 5.75 Å². The van der Waals surface area contributed by atoms with Crippen LogP contribution in [-0.4, -0.2) is 24.1 Å². The number of hydrogen-bond donors (Lipinski definition) is 0. The minimum Gasteiger partial charge on any atom is -0.478 e. The first kappa shape index (κ1) is 13.0. The Bertz CT molecular complexity index is 443. The van der Waals surface area contributed by atoms with Gasteiger partial charge in [0.25, 0.3) is 5.69 Å². The molecule has 1 aromatic carbocycles. The van der Waals surface area contributed by atoms with Gasteiger partial charge in [0, 0.05) is 6.07 Å². The highest BCUT2D eigenvalue weighted by molar-refractivity contribution is 5.74. The standard InChI is InChI=1S/C11H13NO5/c1-7-9(12(14)15)5-4-6-10(7)17-8(2)11(13)16-3/h4-6,8H,1-3H3. The van der Waals surface area contributed by atoms with E-state index in [0.29, 0.717) is 11.3 Å². The summed E-state index contributed by atoms with van der Waals surface area (Å²) in [6.07, 6.45) is -0.805. The van der Waals surface area contributed by atoms with Gasteiger partial charge in [-0.2, -0.15) is 0 Å². The van der Waals surface area contributed by atoms with Gasteiger partial charge in [-0.15, -0.1) is 0 Å². The van der Waals surface area contributed by atoms with E-state index in [1.54, 1.807) is 13.0 Å². The number of esters is 1. The number of nitrogens with zero attached hydrogens (tertiary/aromatic N) is 1. The van der Waals surface area contributed by atoms with Crippen LogP contribution in [0, 0.1) is 17.0 Å². The summed E-state index contributed by atoms with van der Waals surface area (Å²) in [5, 5.41) is 10.7. The van der Waals surface area contributed by atoms with Gasteiger partial charge >= 0.3 is 5.97 Å². The highest BCUT2D eigenvalue weighted by Gasteiger charge is 2.19. The molecule has 0 N–H and O–H groups in total. The Morgan fingerprint density at radius 3 is 2.65 bits per heavy atom. The Morgan fingerprint density at radius 2 is 2.12 bits per heavy atom. The summed E-state index contributed by atoms with van der Waals surface area (Å²) in [6, 6.07) is 4.46. The molecular formula is C11H13NO5. The van der Waals surface area contributed by atoms with Crippen LogP contribution in [0.25, 0.3) is 0 Å². The molecule has 0 saturated heterocycles. The van der Waals surface area contributed by atoms with E-state index in [0.717, 1.165) is 0 Å². The summed E-state index contributed by atoms with van der Waals surface area (Å²) in [5.41, 5.74) is 0.341. The zero-order valence-electron chi connectivity index (χ0n) is 9.80. The van der Waals surface area contributed by atoms with Crippen LogP contribution in [0.3, 0.4) is 0 Å². The van der Waals surface area contributed by atoms with E-state index >= 15 is 0 Å². The molecule has 0 fully saturated rings. The zero-order valence-corrected chi connectivity index (χ0v) is 9.80. The van der Waals surface area contributed by atoms with Crippen molar-refractivity contribution >= 4 is 11.7 Å². The lowest BCUT2D eigenvalue weighted by Gasteiger charge is -2.13. The van der Waals surface area contributed by atoms with Crippen LogP contribution >= 0.6 is 0 Å². The molecule has 0 bridgehead atoms. The van der Waals surface area contributed by atoms with E-state index < -0.39 is 17.0 Å². The van der Waals surface area contributed by atoms with Crippen LogP contribution in [0.5, 0.6) is 5.75 Å². The molecule has 0 amide bonds. The summed E-state index contributed by atoms with van der Waals surface area (Å²) in [5.74, 6) is -0.229. The van der Waals surface area contributed by atoms with Crippen molar-refractivity contribution in [2.45, 2.75) is 20.0 Å². The molecule has 92 valence electrons. The maximum absolute atomic E-state index is 11.2. The van der Waals surface area contributed by atoms with Gasteiger partial charge in [-0.05, 0) is 19.9 Å². The minimum absolute atomic E-state index is 0.0421. The number of nitro groups is 1. The van der Waals surface area contributed by atoms with Crippen LogP contribution in [-0.2, 0) is 9.53 Å². The highest BCUT2D eigenvalue weighted by Crippen LogP contribution is 2.27. The van der Waals surface area contributed by atoms with Gasteiger partial charge in [-0.25, -0.2) is 4.79 Å². The lowest BCUT2D eigenvalue weighted by Crippen LogP contribution is -2.25. The molecule has 0 aliphatic rings. The van der Waals surface area contributed by atoms with Crippen molar-refractivity contribution in [2.24, 2.45) is 0 Å². The molecule has 6 heteroatoms. The number of ether oxygens (including phenoxy) is 2. The summed E-state index contributed by atoms with van der Waals surface area (Å²) in [6.45, 7) is 3.08. The van der Waals surface area contributed by atoms with E-state index in [4.69, 9.17) is 4.74 Å². The number of nitro benzene ring substituents is 1. The van der Waals surface area contributed by atoms with Crippen LogP contribution in [0.1, 0.15) is 12.5 Å². The molecule has 1 unspecified atom stereocenters. The molecule has 1 atom stereocenters. The fourth-order valence-corrected chi connectivity index (χ4v) is 1.33. The summed E-state index contributed by atoms with van der Waals surface area (Å²) >= 11 is 0. The van der Waals surface area contributed by atoms with Gasteiger partial charge in [-0.1, -0.05) is 6.07 Å². The number of carbonyl (C=O) groups excluding carboxylic acids is 1. The van der Waals surface area contributed by atoms with E-state index in [1.165, 1.54) is 26.2 Å². The summed E-state index contributed by atoms with van der Waals surface area (Å²) < 4.78 is 9.81. The second kappa shape index (κ2) is 5.29.